The molecule has 126 valence electrons. The number of imidazole rings is 1. The van der Waals surface area contributed by atoms with Crippen molar-refractivity contribution < 1.29 is 4.39 Å². The van der Waals surface area contributed by atoms with Gasteiger partial charge in [0, 0.05) is 31.2 Å². The molecule has 1 unspecified atom stereocenters. The molecule has 1 aromatic carbocycles. The summed E-state index contributed by atoms with van der Waals surface area (Å²) in [6.45, 7) is 1.89. The van der Waals surface area contributed by atoms with E-state index in [4.69, 9.17) is 0 Å². The first-order valence-corrected chi connectivity index (χ1v) is 7.78. The molecule has 0 fully saturated rings. The number of halogens is 1. The third-order valence-corrected chi connectivity index (χ3v) is 3.97. The van der Waals surface area contributed by atoms with Crippen LogP contribution < -0.4 is 5.32 Å². The van der Waals surface area contributed by atoms with Crippen molar-refractivity contribution in [2.75, 3.05) is 5.32 Å². The number of aromatic nitrogens is 6. The molecule has 1 atom stereocenters. The van der Waals surface area contributed by atoms with Crippen molar-refractivity contribution in [2.24, 2.45) is 7.05 Å². The van der Waals surface area contributed by atoms with E-state index in [2.05, 4.69) is 25.4 Å². The lowest BCUT2D eigenvalue weighted by Crippen LogP contribution is -2.19. The Morgan fingerprint density at radius 1 is 1.20 bits per heavy atom. The predicted molar refractivity (Wildman–Crippen MR) is 90.6 cm³/mol. The van der Waals surface area contributed by atoms with Crippen molar-refractivity contribution in [2.45, 2.75) is 13.0 Å². The minimum atomic E-state index is -0.357. The van der Waals surface area contributed by atoms with Crippen molar-refractivity contribution in [1.29, 1.82) is 0 Å². The zero-order chi connectivity index (χ0) is 17.4. The molecule has 25 heavy (non-hydrogen) atoms. The number of rotatable bonds is 4. The number of fused-ring (bicyclic) bond motifs is 1. The first-order valence-electron chi connectivity index (χ1n) is 7.78. The molecule has 0 aliphatic carbocycles. The number of hydrogen-bond donors (Lipinski definition) is 1. The summed E-state index contributed by atoms with van der Waals surface area (Å²) in [7, 11) is 1.90. The summed E-state index contributed by atoms with van der Waals surface area (Å²) >= 11 is 0. The summed E-state index contributed by atoms with van der Waals surface area (Å²) in [6, 6.07) is 7.98. The first kappa shape index (κ1) is 15.3. The van der Waals surface area contributed by atoms with Crippen molar-refractivity contribution >= 4 is 11.6 Å². The highest BCUT2D eigenvalue weighted by Gasteiger charge is 2.20. The summed E-state index contributed by atoms with van der Waals surface area (Å²) in [6.07, 6.45) is 5.02. The largest absolute Gasteiger partial charge is 0.356 e. The molecular weight excluding hydrogens is 321 g/mol. The molecule has 0 saturated heterocycles. The third-order valence-electron chi connectivity index (χ3n) is 3.97. The highest BCUT2D eigenvalue weighted by atomic mass is 19.1. The molecular formula is C17H16FN7. The van der Waals surface area contributed by atoms with Gasteiger partial charge in [-0.15, -0.1) is 0 Å². The van der Waals surface area contributed by atoms with Crippen LogP contribution >= 0.6 is 0 Å². The monoisotopic (exact) mass is 337 g/mol. The van der Waals surface area contributed by atoms with E-state index in [1.165, 1.54) is 18.5 Å². The minimum absolute atomic E-state index is 0.296. The van der Waals surface area contributed by atoms with E-state index in [1.54, 1.807) is 16.8 Å². The summed E-state index contributed by atoms with van der Waals surface area (Å²) in [5, 5.41) is 7.61. The quantitative estimate of drug-likeness (QED) is 0.619. The number of nitrogens with one attached hydrogen (secondary N) is 1. The van der Waals surface area contributed by atoms with Gasteiger partial charge in [-0.1, -0.05) is 12.1 Å². The van der Waals surface area contributed by atoms with Gasteiger partial charge in [0.2, 0.25) is 0 Å². The van der Waals surface area contributed by atoms with Crippen LogP contribution in [0.3, 0.4) is 0 Å². The lowest BCUT2D eigenvalue weighted by Gasteiger charge is -2.20. The SMILES string of the molecule is Cc1cc(NC(c2cccc(F)c2)c2nccn2C)n2ncnc2n1. The molecule has 0 bridgehead atoms. The van der Waals surface area contributed by atoms with Crippen LogP contribution in [0.4, 0.5) is 10.2 Å². The Morgan fingerprint density at radius 2 is 2.08 bits per heavy atom. The van der Waals surface area contributed by atoms with Gasteiger partial charge in [-0.3, -0.25) is 0 Å². The van der Waals surface area contributed by atoms with Gasteiger partial charge in [-0.05, 0) is 24.6 Å². The smallest absolute Gasteiger partial charge is 0.254 e. The van der Waals surface area contributed by atoms with Crippen molar-refractivity contribution in [3.63, 3.8) is 0 Å². The van der Waals surface area contributed by atoms with Gasteiger partial charge in [-0.25, -0.2) is 14.4 Å². The van der Waals surface area contributed by atoms with Gasteiger partial charge in [-0.2, -0.15) is 14.6 Å². The number of aryl methyl sites for hydroxylation is 2. The summed E-state index contributed by atoms with van der Waals surface area (Å²) < 4.78 is 17.3. The maximum atomic E-state index is 13.8. The van der Waals surface area contributed by atoms with E-state index >= 15 is 0 Å². The second-order valence-corrected chi connectivity index (χ2v) is 5.78. The third kappa shape index (κ3) is 2.82. The van der Waals surface area contributed by atoms with Crippen LogP contribution in [0.5, 0.6) is 0 Å². The van der Waals surface area contributed by atoms with E-state index in [1.807, 2.05) is 36.9 Å². The lowest BCUT2D eigenvalue weighted by atomic mass is 10.1. The molecule has 4 rings (SSSR count). The van der Waals surface area contributed by atoms with Gasteiger partial charge >= 0.3 is 0 Å². The number of benzene rings is 1. The molecule has 0 aliphatic heterocycles. The Bertz CT molecular complexity index is 1040. The van der Waals surface area contributed by atoms with E-state index in [0.717, 1.165) is 17.1 Å². The summed E-state index contributed by atoms with van der Waals surface area (Å²) in [4.78, 5) is 12.9. The second-order valence-electron chi connectivity index (χ2n) is 5.78. The molecule has 0 radical (unpaired) electrons. The summed E-state index contributed by atoms with van der Waals surface area (Å²) in [5.41, 5.74) is 1.57. The molecule has 3 heterocycles. The van der Waals surface area contributed by atoms with Crippen molar-refractivity contribution in [3.05, 3.63) is 72.0 Å². The molecule has 0 aliphatic rings. The fourth-order valence-electron chi connectivity index (χ4n) is 2.82. The fraction of sp³-hybridized carbons (Fsp3) is 0.176. The zero-order valence-electron chi connectivity index (χ0n) is 13.8. The van der Waals surface area contributed by atoms with E-state index in [-0.39, 0.29) is 11.9 Å². The highest BCUT2D eigenvalue weighted by Crippen LogP contribution is 2.26. The molecule has 3 aromatic heterocycles. The van der Waals surface area contributed by atoms with Crippen LogP contribution in [0.2, 0.25) is 0 Å². The van der Waals surface area contributed by atoms with Gasteiger partial charge in [0.25, 0.3) is 5.78 Å². The number of nitrogens with zero attached hydrogens (tertiary/aromatic N) is 6. The Labute approximate surface area is 143 Å². The van der Waals surface area contributed by atoms with Gasteiger partial charge in [0.1, 0.15) is 29.8 Å². The Kier molecular flexibility index (Phi) is 3.64. The maximum absolute atomic E-state index is 13.8. The molecule has 0 amide bonds. The van der Waals surface area contributed by atoms with Crippen molar-refractivity contribution in [3.8, 4) is 0 Å². The zero-order valence-corrected chi connectivity index (χ0v) is 13.8. The van der Waals surface area contributed by atoms with Crippen LogP contribution in [0.15, 0.2) is 49.1 Å². The predicted octanol–water partition coefficient (Wildman–Crippen LogP) is 2.51. The Morgan fingerprint density at radius 3 is 2.84 bits per heavy atom. The summed E-state index contributed by atoms with van der Waals surface area (Å²) in [5.74, 6) is 1.67. The normalized spacial score (nSPS) is 12.4. The molecule has 0 spiro atoms. The average Bonchev–Trinajstić information content (AvgIpc) is 3.21. The molecule has 4 aromatic rings. The standard InChI is InChI=1S/C17H16FN7/c1-11-8-14(25-17(22-11)20-10-21-25)23-15(16-19-6-7-24(16)2)12-4-3-5-13(18)9-12/h3-10,15,23H,1-2H3. The van der Waals surface area contributed by atoms with E-state index < -0.39 is 0 Å². The van der Waals surface area contributed by atoms with E-state index in [0.29, 0.717) is 11.6 Å². The Hall–Kier alpha value is -3.29. The van der Waals surface area contributed by atoms with Gasteiger partial charge in [0.05, 0.1) is 0 Å². The van der Waals surface area contributed by atoms with Gasteiger partial charge in [0.15, 0.2) is 0 Å². The molecule has 1 N–H and O–H groups in total. The first-order chi connectivity index (χ1) is 12.1. The van der Waals surface area contributed by atoms with Crippen LogP contribution in [0.1, 0.15) is 23.1 Å². The Balaban J connectivity index is 1.84. The average molecular weight is 337 g/mol. The fourth-order valence-corrected chi connectivity index (χ4v) is 2.82. The topological polar surface area (TPSA) is 72.9 Å². The lowest BCUT2D eigenvalue weighted by molar-refractivity contribution is 0.622. The number of hydrogen-bond acceptors (Lipinski definition) is 5. The van der Waals surface area contributed by atoms with Crippen LogP contribution in [0, 0.1) is 12.7 Å². The molecule has 0 saturated carbocycles. The second kappa shape index (κ2) is 5.97. The molecule has 7 nitrogen and oxygen atoms in total. The molecule has 8 heteroatoms. The number of anilines is 1. The van der Waals surface area contributed by atoms with Gasteiger partial charge < -0.3 is 9.88 Å². The van der Waals surface area contributed by atoms with Crippen molar-refractivity contribution in [1.82, 2.24) is 29.1 Å². The van der Waals surface area contributed by atoms with Crippen LogP contribution in [-0.4, -0.2) is 29.1 Å². The van der Waals surface area contributed by atoms with Crippen LogP contribution in [0.25, 0.3) is 5.78 Å². The maximum Gasteiger partial charge on any atom is 0.254 e. The highest BCUT2D eigenvalue weighted by molar-refractivity contribution is 5.48. The van der Waals surface area contributed by atoms with Crippen LogP contribution in [-0.2, 0) is 7.05 Å². The van der Waals surface area contributed by atoms with E-state index in [9.17, 15) is 4.39 Å². The minimum Gasteiger partial charge on any atom is -0.356 e.